The summed E-state index contributed by atoms with van der Waals surface area (Å²) >= 11 is 0. The van der Waals surface area contributed by atoms with Crippen LogP contribution in [0.2, 0.25) is 0 Å². The third kappa shape index (κ3) is 0.757. The van der Waals surface area contributed by atoms with Crippen LogP contribution in [0, 0.1) is 35.5 Å². The van der Waals surface area contributed by atoms with E-state index in [0.29, 0.717) is 23.7 Å². The molecule has 4 aliphatic carbocycles. The number of hydrogen-bond acceptors (Lipinski definition) is 3. The topological polar surface area (TPSA) is 43.4 Å². The van der Waals surface area contributed by atoms with E-state index in [9.17, 15) is 9.59 Å². The Bertz CT molecular complexity index is 362. The maximum atomic E-state index is 11.6. The van der Waals surface area contributed by atoms with Gasteiger partial charge >= 0.3 is 11.9 Å². The second-order valence-electron chi connectivity index (χ2n) is 5.24. The molecule has 15 heavy (non-hydrogen) atoms. The van der Waals surface area contributed by atoms with Gasteiger partial charge in [-0.05, 0) is 36.5 Å². The van der Waals surface area contributed by atoms with Gasteiger partial charge in [0.2, 0.25) is 0 Å². The molecule has 3 heteroatoms. The van der Waals surface area contributed by atoms with Crippen molar-refractivity contribution in [3.63, 3.8) is 0 Å². The van der Waals surface area contributed by atoms with Crippen LogP contribution < -0.4 is 0 Å². The molecule has 3 saturated carbocycles. The van der Waals surface area contributed by atoms with Crippen molar-refractivity contribution in [2.45, 2.75) is 12.8 Å². The standard InChI is InChI=1S/C12H12O3/c13-11-9-7-3-4-8(6-2-1-5(6)7)10(9)12(14)15-11/h1-2,5-10H,3-4H2. The highest BCUT2D eigenvalue weighted by atomic mass is 16.6. The first-order valence-electron chi connectivity index (χ1n) is 5.71. The van der Waals surface area contributed by atoms with Crippen LogP contribution in [0.1, 0.15) is 12.8 Å². The van der Waals surface area contributed by atoms with Crippen LogP contribution in [-0.2, 0) is 14.3 Å². The van der Waals surface area contributed by atoms with Crippen LogP contribution in [0.15, 0.2) is 12.2 Å². The zero-order valence-electron chi connectivity index (χ0n) is 8.26. The van der Waals surface area contributed by atoms with E-state index in [2.05, 4.69) is 12.2 Å². The van der Waals surface area contributed by atoms with Gasteiger partial charge in [-0.3, -0.25) is 9.59 Å². The minimum Gasteiger partial charge on any atom is -0.393 e. The molecule has 4 fully saturated rings. The van der Waals surface area contributed by atoms with E-state index < -0.39 is 0 Å². The predicted molar refractivity (Wildman–Crippen MR) is 50.4 cm³/mol. The van der Waals surface area contributed by atoms with E-state index in [0.717, 1.165) is 12.8 Å². The molecule has 0 aromatic heterocycles. The molecule has 0 radical (unpaired) electrons. The zero-order valence-corrected chi connectivity index (χ0v) is 8.26. The number of carbonyl (C=O) groups excluding carboxylic acids is 2. The minimum atomic E-state index is -0.251. The number of hydrogen-bond donors (Lipinski definition) is 0. The summed E-state index contributed by atoms with van der Waals surface area (Å²) < 4.78 is 4.81. The Hall–Kier alpha value is -1.12. The molecule has 5 rings (SSSR count). The molecule has 78 valence electrons. The van der Waals surface area contributed by atoms with Crippen LogP contribution in [0.4, 0.5) is 0 Å². The van der Waals surface area contributed by atoms with Crippen molar-refractivity contribution in [2.75, 3.05) is 0 Å². The molecule has 0 spiro atoms. The molecule has 1 aliphatic heterocycles. The average Bonchev–Trinajstić information content (AvgIpc) is 2.44. The molecule has 6 unspecified atom stereocenters. The Kier molecular flexibility index (Phi) is 1.26. The molecule has 1 saturated heterocycles. The van der Waals surface area contributed by atoms with E-state index in [1.54, 1.807) is 0 Å². The van der Waals surface area contributed by atoms with Crippen molar-refractivity contribution in [1.82, 2.24) is 0 Å². The number of esters is 2. The van der Waals surface area contributed by atoms with Gasteiger partial charge in [-0.25, -0.2) is 0 Å². The Morgan fingerprint density at radius 3 is 1.80 bits per heavy atom. The summed E-state index contributed by atoms with van der Waals surface area (Å²) in [7, 11) is 0. The number of allylic oxidation sites excluding steroid dienone is 2. The van der Waals surface area contributed by atoms with Crippen molar-refractivity contribution < 1.29 is 14.3 Å². The van der Waals surface area contributed by atoms with Crippen LogP contribution >= 0.6 is 0 Å². The van der Waals surface area contributed by atoms with Gasteiger partial charge in [0, 0.05) is 0 Å². The largest absolute Gasteiger partial charge is 0.393 e. The van der Waals surface area contributed by atoms with E-state index in [1.807, 2.05) is 0 Å². The second-order valence-corrected chi connectivity index (χ2v) is 5.24. The number of ether oxygens (including phenoxy) is 1. The van der Waals surface area contributed by atoms with Gasteiger partial charge in [0.15, 0.2) is 0 Å². The van der Waals surface area contributed by atoms with Crippen LogP contribution in [-0.4, -0.2) is 11.9 Å². The molecule has 2 bridgehead atoms. The first-order chi connectivity index (χ1) is 7.27. The Balaban J connectivity index is 1.83. The lowest BCUT2D eigenvalue weighted by Gasteiger charge is -2.54. The average molecular weight is 204 g/mol. The van der Waals surface area contributed by atoms with Crippen molar-refractivity contribution in [3.8, 4) is 0 Å². The van der Waals surface area contributed by atoms with E-state index in [-0.39, 0.29) is 23.8 Å². The van der Waals surface area contributed by atoms with Crippen molar-refractivity contribution in [2.24, 2.45) is 35.5 Å². The molecule has 1 heterocycles. The summed E-state index contributed by atoms with van der Waals surface area (Å²) in [6, 6.07) is 0. The third-order valence-corrected chi connectivity index (χ3v) is 4.88. The minimum absolute atomic E-state index is 0.109. The van der Waals surface area contributed by atoms with E-state index in [4.69, 9.17) is 4.74 Å². The zero-order chi connectivity index (χ0) is 10.2. The third-order valence-electron chi connectivity index (χ3n) is 4.88. The van der Waals surface area contributed by atoms with Gasteiger partial charge in [-0.1, -0.05) is 12.2 Å². The summed E-state index contributed by atoms with van der Waals surface area (Å²) in [5.41, 5.74) is 0. The molecular weight excluding hydrogens is 192 g/mol. The van der Waals surface area contributed by atoms with Gasteiger partial charge in [0.25, 0.3) is 0 Å². The molecule has 0 aromatic carbocycles. The second kappa shape index (κ2) is 2.34. The molecule has 0 aromatic rings. The van der Waals surface area contributed by atoms with Crippen LogP contribution in [0.5, 0.6) is 0 Å². The fraction of sp³-hybridized carbons (Fsp3) is 0.667. The fourth-order valence-corrected chi connectivity index (χ4v) is 4.24. The molecule has 0 N–H and O–H groups in total. The van der Waals surface area contributed by atoms with Gasteiger partial charge in [-0.2, -0.15) is 0 Å². The number of rotatable bonds is 0. The van der Waals surface area contributed by atoms with E-state index in [1.165, 1.54) is 0 Å². The first kappa shape index (κ1) is 8.08. The highest BCUT2D eigenvalue weighted by Gasteiger charge is 2.63. The molecule has 3 nitrogen and oxygen atoms in total. The Morgan fingerprint density at radius 1 is 0.933 bits per heavy atom. The lowest BCUT2D eigenvalue weighted by Crippen LogP contribution is -2.53. The quantitative estimate of drug-likeness (QED) is 0.337. The summed E-state index contributed by atoms with van der Waals surface area (Å²) in [5, 5.41) is 0. The molecule has 5 aliphatic rings. The summed E-state index contributed by atoms with van der Waals surface area (Å²) in [6.45, 7) is 0. The maximum Gasteiger partial charge on any atom is 0.317 e. The van der Waals surface area contributed by atoms with Crippen LogP contribution in [0.25, 0.3) is 0 Å². The number of carbonyl (C=O) groups is 2. The van der Waals surface area contributed by atoms with Crippen molar-refractivity contribution in [3.05, 3.63) is 12.2 Å². The Labute approximate surface area is 87.5 Å². The highest BCUT2D eigenvalue weighted by Crippen LogP contribution is 2.60. The molecular formula is C12H12O3. The predicted octanol–water partition coefficient (Wildman–Crippen LogP) is 1.14. The molecule has 6 atom stereocenters. The van der Waals surface area contributed by atoms with Crippen molar-refractivity contribution >= 4 is 11.9 Å². The van der Waals surface area contributed by atoms with Gasteiger partial charge in [0.1, 0.15) is 0 Å². The van der Waals surface area contributed by atoms with Gasteiger partial charge in [0.05, 0.1) is 11.8 Å². The van der Waals surface area contributed by atoms with Gasteiger partial charge in [-0.15, -0.1) is 0 Å². The first-order valence-corrected chi connectivity index (χ1v) is 5.71. The lowest BCUT2D eigenvalue weighted by atomic mass is 9.47. The van der Waals surface area contributed by atoms with Gasteiger partial charge < -0.3 is 4.74 Å². The van der Waals surface area contributed by atoms with Crippen molar-refractivity contribution in [1.29, 1.82) is 0 Å². The smallest absolute Gasteiger partial charge is 0.317 e. The van der Waals surface area contributed by atoms with E-state index >= 15 is 0 Å². The SMILES string of the molecule is O=C1OC(=O)C2C3CCC(C4C=CC43)C12. The fourth-order valence-electron chi connectivity index (χ4n) is 4.24. The summed E-state index contributed by atoms with van der Waals surface area (Å²) in [5.74, 6) is 1.16. The highest BCUT2D eigenvalue weighted by molar-refractivity contribution is 5.97. The van der Waals surface area contributed by atoms with Crippen LogP contribution in [0.3, 0.4) is 0 Å². The lowest BCUT2D eigenvalue weighted by molar-refractivity contribution is -0.154. The summed E-state index contributed by atoms with van der Waals surface area (Å²) in [6.07, 6.45) is 6.63. The monoisotopic (exact) mass is 204 g/mol. The number of cyclic esters (lactones) is 2. The normalized spacial score (nSPS) is 54.7. The maximum absolute atomic E-state index is 11.6. The Morgan fingerprint density at radius 2 is 1.40 bits per heavy atom. The molecule has 0 amide bonds. The number of fused-ring (bicyclic) bond motifs is 1. The summed E-state index contributed by atoms with van der Waals surface area (Å²) in [4.78, 5) is 23.2.